The molecule has 1 aromatic rings. The summed E-state index contributed by atoms with van der Waals surface area (Å²) in [7, 11) is 0. The highest BCUT2D eigenvalue weighted by molar-refractivity contribution is 9.10. The molecule has 0 aliphatic carbocycles. The van der Waals surface area contributed by atoms with Crippen LogP contribution < -0.4 is 5.73 Å². The molecular weight excluding hydrogens is 308 g/mol. The van der Waals surface area contributed by atoms with Crippen molar-refractivity contribution in [1.29, 1.82) is 0 Å². The van der Waals surface area contributed by atoms with E-state index >= 15 is 0 Å². The van der Waals surface area contributed by atoms with E-state index in [1.165, 1.54) is 0 Å². The number of nitrogens with two attached hydrogens (primary N) is 1. The van der Waals surface area contributed by atoms with Crippen LogP contribution >= 0.6 is 15.9 Å². The number of benzene rings is 1. The minimum atomic E-state index is -0.0473. The van der Waals surface area contributed by atoms with Crippen LogP contribution in [-0.4, -0.2) is 35.1 Å². The van der Waals surface area contributed by atoms with E-state index in [4.69, 9.17) is 10.8 Å². The fourth-order valence-electron chi connectivity index (χ4n) is 1.91. The molecule has 0 saturated carbocycles. The van der Waals surface area contributed by atoms with E-state index in [0.717, 1.165) is 10.0 Å². The molecule has 0 aliphatic heterocycles. The Balaban J connectivity index is 3.09. The lowest BCUT2D eigenvalue weighted by Crippen LogP contribution is -2.38. The molecule has 0 saturated heterocycles. The van der Waals surface area contributed by atoms with Gasteiger partial charge in [0.25, 0.3) is 5.91 Å². The van der Waals surface area contributed by atoms with Crippen LogP contribution in [-0.2, 0) is 0 Å². The Hall–Kier alpha value is -1.07. The van der Waals surface area contributed by atoms with Gasteiger partial charge in [0, 0.05) is 34.9 Å². The van der Waals surface area contributed by atoms with Crippen molar-refractivity contribution < 1.29 is 9.90 Å². The smallest absolute Gasteiger partial charge is 0.254 e. The molecule has 5 heteroatoms. The van der Waals surface area contributed by atoms with Gasteiger partial charge in [-0.2, -0.15) is 0 Å². The molecule has 106 valence electrons. The summed E-state index contributed by atoms with van der Waals surface area (Å²) < 4.78 is 0.796. The van der Waals surface area contributed by atoms with Gasteiger partial charge in [-0.25, -0.2) is 0 Å². The number of carbonyl (C=O) groups is 1. The second kappa shape index (κ2) is 6.91. The number of nitrogens with zero attached hydrogens (tertiary/aromatic N) is 1. The van der Waals surface area contributed by atoms with Gasteiger partial charge in [-0.1, -0.05) is 15.9 Å². The highest BCUT2D eigenvalue weighted by Crippen LogP contribution is 2.24. The fraction of sp³-hybridized carbons (Fsp3) is 0.500. The predicted octanol–water partition coefficient (Wildman–Crippen LogP) is 2.57. The van der Waals surface area contributed by atoms with Gasteiger partial charge >= 0.3 is 0 Å². The van der Waals surface area contributed by atoms with Crippen LogP contribution in [0.3, 0.4) is 0 Å². The third-order valence-electron chi connectivity index (χ3n) is 3.08. The van der Waals surface area contributed by atoms with Crippen LogP contribution in [0.5, 0.6) is 0 Å². The number of anilines is 1. The molecule has 0 spiro atoms. The molecule has 0 heterocycles. The van der Waals surface area contributed by atoms with Gasteiger partial charge in [0.05, 0.1) is 0 Å². The number of hydrogen-bond acceptors (Lipinski definition) is 3. The Bertz CT molecular complexity index is 461. The molecule has 3 N–H and O–H groups in total. The van der Waals surface area contributed by atoms with E-state index in [1.807, 2.05) is 20.8 Å². The van der Waals surface area contributed by atoms with Crippen LogP contribution in [0.15, 0.2) is 16.6 Å². The zero-order valence-electron chi connectivity index (χ0n) is 11.6. The summed E-state index contributed by atoms with van der Waals surface area (Å²) in [6, 6.07) is 3.67. The Morgan fingerprint density at radius 1 is 1.47 bits per heavy atom. The summed E-state index contributed by atoms with van der Waals surface area (Å²) in [4.78, 5) is 14.3. The quantitative estimate of drug-likeness (QED) is 0.816. The van der Waals surface area contributed by atoms with Crippen molar-refractivity contribution in [2.75, 3.05) is 18.9 Å². The van der Waals surface area contributed by atoms with Crippen LogP contribution in [0.1, 0.15) is 36.2 Å². The van der Waals surface area contributed by atoms with Crippen LogP contribution in [0.4, 0.5) is 5.69 Å². The van der Waals surface area contributed by atoms with Crippen LogP contribution in [0.25, 0.3) is 0 Å². The van der Waals surface area contributed by atoms with Gasteiger partial charge in [-0.15, -0.1) is 0 Å². The van der Waals surface area contributed by atoms with Crippen LogP contribution in [0.2, 0.25) is 0 Å². The summed E-state index contributed by atoms with van der Waals surface area (Å²) in [6.07, 6.45) is 0.576. The molecule has 0 bridgehead atoms. The van der Waals surface area contributed by atoms with Gasteiger partial charge in [0.2, 0.25) is 0 Å². The molecule has 0 radical (unpaired) electrons. The minimum absolute atomic E-state index is 0.0473. The molecular formula is C14H21BrN2O2. The summed E-state index contributed by atoms with van der Waals surface area (Å²) >= 11 is 3.36. The maximum absolute atomic E-state index is 12.6. The second-order valence-corrected chi connectivity index (χ2v) is 5.75. The van der Waals surface area contributed by atoms with E-state index in [1.54, 1.807) is 17.0 Å². The maximum Gasteiger partial charge on any atom is 0.254 e. The van der Waals surface area contributed by atoms with Crippen molar-refractivity contribution in [3.63, 3.8) is 0 Å². The van der Waals surface area contributed by atoms with Crippen molar-refractivity contribution in [2.24, 2.45) is 0 Å². The third kappa shape index (κ3) is 3.94. The third-order valence-corrected chi connectivity index (χ3v) is 3.54. The highest BCUT2D eigenvalue weighted by atomic mass is 79.9. The first kappa shape index (κ1) is 16.0. The predicted molar refractivity (Wildman–Crippen MR) is 81.2 cm³/mol. The highest BCUT2D eigenvalue weighted by Gasteiger charge is 2.21. The topological polar surface area (TPSA) is 66.6 Å². The number of nitrogen functional groups attached to an aromatic ring is 1. The summed E-state index contributed by atoms with van der Waals surface area (Å²) in [6.45, 7) is 6.40. The number of carbonyl (C=O) groups excluding carboxylic acids is 1. The molecule has 1 aromatic carbocycles. The van der Waals surface area contributed by atoms with E-state index in [9.17, 15) is 4.79 Å². The molecule has 4 nitrogen and oxygen atoms in total. The lowest BCUT2D eigenvalue weighted by atomic mass is 10.0. The Morgan fingerprint density at radius 2 is 2.11 bits per heavy atom. The molecule has 0 aliphatic rings. The van der Waals surface area contributed by atoms with E-state index in [0.29, 0.717) is 24.2 Å². The van der Waals surface area contributed by atoms with Crippen LogP contribution in [0, 0.1) is 6.92 Å². The molecule has 1 amide bonds. The summed E-state index contributed by atoms with van der Waals surface area (Å²) in [5.74, 6) is -0.0473. The lowest BCUT2D eigenvalue weighted by Gasteiger charge is -2.27. The maximum atomic E-state index is 12.6. The Morgan fingerprint density at radius 3 is 2.63 bits per heavy atom. The molecule has 0 fully saturated rings. The number of amides is 1. The van der Waals surface area contributed by atoms with Crippen molar-refractivity contribution in [1.82, 2.24) is 4.90 Å². The van der Waals surface area contributed by atoms with E-state index in [-0.39, 0.29) is 18.6 Å². The van der Waals surface area contributed by atoms with Crippen molar-refractivity contribution in [3.8, 4) is 0 Å². The summed E-state index contributed by atoms with van der Waals surface area (Å²) in [5.41, 5.74) is 7.90. The van der Waals surface area contributed by atoms with Gasteiger partial charge < -0.3 is 15.7 Å². The lowest BCUT2D eigenvalue weighted by molar-refractivity contribution is 0.0692. The van der Waals surface area contributed by atoms with Gasteiger partial charge in [-0.05, 0) is 44.9 Å². The number of halogens is 1. The zero-order chi connectivity index (χ0) is 14.6. The van der Waals surface area contributed by atoms with Crippen molar-refractivity contribution in [2.45, 2.75) is 33.2 Å². The molecule has 0 atom stereocenters. The minimum Gasteiger partial charge on any atom is -0.398 e. The van der Waals surface area contributed by atoms with Gasteiger partial charge in [0.1, 0.15) is 0 Å². The monoisotopic (exact) mass is 328 g/mol. The molecule has 0 aromatic heterocycles. The average Bonchev–Trinajstić information content (AvgIpc) is 2.33. The molecule has 1 rings (SSSR count). The first-order valence-electron chi connectivity index (χ1n) is 6.36. The average molecular weight is 329 g/mol. The molecule has 19 heavy (non-hydrogen) atoms. The second-order valence-electron chi connectivity index (χ2n) is 4.84. The SMILES string of the molecule is Cc1c(N)cc(Br)cc1C(=O)N(CCCO)C(C)C. The fourth-order valence-corrected chi connectivity index (χ4v) is 2.39. The normalized spacial score (nSPS) is 10.8. The molecule has 0 unspecified atom stereocenters. The van der Waals surface area contributed by atoms with Crippen molar-refractivity contribution in [3.05, 3.63) is 27.7 Å². The number of rotatable bonds is 5. The Labute approximate surface area is 122 Å². The van der Waals surface area contributed by atoms with Crippen molar-refractivity contribution >= 4 is 27.5 Å². The number of aliphatic hydroxyl groups excluding tert-OH is 1. The van der Waals surface area contributed by atoms with E-state index in [2.05, 4.69) is 15.9 Å². The van der Waals surface area contributed by atoms with Gasteiger partial charge in [0.15, 0.2) is 0 Å². The van der Waals surface area contributed by atoms with E-state index < -0.39 is 0 Å². The van der Waals surface area contributed by atoms with Gasteiger partial charge in [-0.3, -0.25) is 4.79 Å². The zero-order valence-corrected chi connectivity index (χ0v) is 13.2. The first-order valence-corrected chi connectivity index (χ1v) is 7.15. The number of hydrogen-bond donors (Lipinski definition) is 2. The summed E-state index contributed by atoms with van der Waals surface area (Å²) in [5, 5.41) is 8.93. The number of aliphatic hydroxyl groups is 1. The standard InChI is InChI=1S/C14H21BrN2O2/c1-9(2)17(5-4-6-18)14(19)12-7-11(15)8-13(16)10(12)3/h7-9,18H,4-6,16H2,1-3H3. The Kier molecular flexibility index (Phi) is 5.82. The largest absolute Gasteiger partial charge is 0.398 e. The first-order chi connectivity index (χ1) is 8.88.